The molecule has 3 aromatic rings. The Hall–Kier alpha value is -4.61. The number of rotatable bonds is 7. The Morgan fingerprint density at radius 2 is 1.51 bits per heavy atom. The van der Waals surface area contributed by atoms with Gasteiger partial charge in [0.1, 0.15) is 23.0 Å². The summed E-state index contributed by atoms with van der Waals surface area (Å²) in [4.78, 5) is 24.8. The number of fused-ring (bicyclic) bond motifs is 1. The Morgan fingerprint density at radius 3 is 2.16 bits per heavy atom. The lowest BCUT2D eigenvalue weighted by Gasteiger charge is -2.10. The molecule has 0 amide bonds. The molecule has 0 atom stereocenters. The zero-order chi connectivity index (χ0) is 26.9. The highest BCUT2D eigenvalue weighted by molar-refractivity contribution is 6.14. The van der Waals surface area contributed by atoms with Gasteiger partial charge in [0.25, 0.3) is 0 Å². The van der Waals surface area contributed by atoms with Crippen LogP contribution in [0.3, 0.4) is 0 Å². The van der Waals surface area contributed by atoms with Gasteiger partial charge in [0.2, 0.25) is 34.9 Å². The number of Topliss-reactive ketones (excluding diaryl/α,β-unsaturated/α-hetero) is 1. The maximum atomic E-state index is 13.7. The van der Waals surface area contributed by atoms with E-state index in [1.165, 1.54) is 38.5 Å². The number of carbonyl (C=O) groups is 2. The number of carbonyl (C=O) groups excluding carboxylic acids is 2. The monoisotopic (exact) mass is 522 g/mol. The number of ketones is 1. The summed E-state index contributed by atoms with van der Waals surface area (Å²) in [6.45, 7) is -1.18. The second kappa shape index (κ2) is 10.2. The number of methoxy groups -OCH3 is 2. The van der Waals surface area contributed by atoms with E-state index in [1.54, 1.807) is 18.2 Å². The fraction of sp³-hybridized carbons (Fsp3) is 0.120. The van der Waals surface area contributed by atoms with Crippen LogP contribution in [0.4, 0.5) is 22.0 Å². The van der Waals surface area contributed by atoms with E-state index in [4.69, 9.17) is 18.9 Å². The highest BCUT2D eigenvalue weighted by atomic mass is 19.2. The van der Waals surface area contributed by atoms with E-state index < -0.39 is 53.2 Å². The van der Waals surface area contributed by atoms with E-state index in [0.717, 1.165) is 0 Å². The largest absolute Gasteiger partial charge is 0.497 e. The Labute approximate surface area is 205 Å². The predicted octanol–water partition coefficient (Wildman–Crippen LogP) is 5.00. The summed E-state index contributed by atoms with van der Waals surface area (Å²) >= 11 is 0. The molecule has 7 nitrogen and oxygen atoms in total. The average Bonchev–Trinajstić information content (AvgIpc) is 3.20. The number of esters is 1. The lowest BCUT2D eigenvalue weighted by molar-refractivity contribution is -0.136. The van der Waals surface area contributed by atoms with Crippen molar-refractivity contribution >= 4 is 17.8 Å². The fourth-order valence-corrected chi connectivity index (χ4v) is 3.31. The molecule has 0 N–H and O–H groups in total. The van der Waals surface area contributed by atoms with Crippen LogP contribution in [0.15, 0.2) is 42.2 Å². The van der Waals surface area contributed by atoms with E-state index in [9.17, 15) is 31.5 Å². The summed E-state index contributed by atoms with van der Waals surface area (Å²) in [5.74, 6) is -13.8. The Bertz CT molecular complexity index is 1420. The molecule has 1 aliphatic heterocycles. The molecular formula is C25H15F5O7. The van der Waals surface area contributed by atoms with Crippen LogP contribution in [0.5, 0.6) is 28.7 Å². The smallest absolute Gasteiger partial charge is 0.349 e. The van der Waals surface area contributed by atoms with E-state index in [1.807, 2.05) is 0 Å². The van der Waals surface area contributed by atoms with Crippen molar-refractivity contribution < 1.29 is 55.2 Å². The van der Waals surface area contributed by atoms with Crippen molar-refractivity contribution in [2.24, 2.45) is 0 Å². The Kier molecular flexibility index (Phi) is 7.00. The topological polar surface area (TPSA) is 80.3 Å². The van der Waals surface area contributed by atoms with Gasteiger partial charge in [-0.3, -0.25) is 4.79 Å². The van der Waals surface area contributed by atoms with Crippen molar-refractivity contribution in [3.63, 3.8) is 0 Å². The van der Waals surface area contributed by atoms with Gasteiger partial charge in [-0.15, -0.1) is 0 Å². The maximum absolute atomic E-state index is 13.7. The normalized spacial score (nSPS) is 13.3. The van der Waals surface area contributed by atoms with Gasteiger partial charge in [-0.2, -0.15) is 8.78 Å². The molecule has 0 spiro atoms. The number of benzene rings is 3. The molecule has 192 valence electrons. The zero-order valence-corrected chi connectivity index (χ0v) is 19.0. The highest BCUT2D eigenvalue weighted by Crippen LogP contribution is 2.36. The first-order valence-electron chi connectivity index (χ1n) is 10.3. The second-order valence-corrected chi connectivity index (χ2v) is 7.37. The fourth-order valence-electron chi connectivity index (χ4n) is 3.31. The molecule has 3 aromatic carbocycles. The molecule has 0 unspecified atom stereocenters. The summed E-state index contributed by atoms with van der Waals surface area (Å²) in [6.07, 6.45) is 1.45. The van der Waals surface area contributed by atoms with Gasteiger partial charge in [0.15, 0.2) is 18.1 Å². The van der Waals surface area contributed by atoms with Gasteiger partial charge in [0.05, 0.1) is 19.8 Å². The molecule has 0 radical (unpaired) electrons. The SMILES string of the molecule is COc1ccc(/C=C2\Oc3cc(OC(=O)COc4c(F)c(F)c(F)c(F)c4F)ccc3C2=O)c(OC)c1. The van der Waals surface area contributed by atoms with Crippen molar-refractivity contribution in [1.82, 2.24) is 0 Å². The lowest BCUT2D eigenvalue weighted by Crippen LogP contribution is -2.19. The molecule has 0 saturated carbocycles. The van der Waals surface area contributed by atoms with Gasteiger partial charge >= 0.3 is 5.97 Å². The van der Waals surface area contributed by atoms with Gasteiger partial charge in [-0.25, -0.2) is 18.0 Å². The second-order valence-electron chi connectivity index (χ2n) is 7.37. The summed E-state index contributed by atoms with van der Waals surface area (Å²) in [5, 5.41) is 0. The first-order valence-corrected chi connectivity index (χ1v) is 10.3. The lowest BCUT2D eigenvalue weighted by atomic mass is 10.1. The van der Waals surface area contributed by atoms with Crippen LogP contribution in [0.1, 0.15) is 15.9 Å². The molecule has 0 aromatic heterocycles. The van der Waals surface area contributed by atoms with Crippen LogP contribution in [0.2, 0.25) is 0 Å². The highest BCUT2D eigenvalue weighted by Gasteiger charge is 2.29. The molecule has 1 aliphatic rings. The number of hydrogen-bond acceptors (Lipinski definition) is 7. The first kappa shape index (κ1) is 25.5. The average molecular weight is 522 g/mol. The van der Waals surface area contributed by atoms with Crippen molar-refractivity contribution in [2.45, 2.75) is 0 Å². The standard InChI is InChI=1S/C25H15F5O7/c1-33-12-4-3-11(15(8-12)34-2)7-17-24(32)14-6-5-13(9-16(14)37-17)36-18(31)10-35-25-22(29)20(27)19(26)21(28)23(25)30/h3-9H,10H2,1-2H3/b17-7-. The van der Waals surface area contributed by atoms with Crippen LogP contribution in [0.25, 0.3) is 6.08 Å². The molecule has 37 heavy (non-hydrogen) atoms. The maximum Gasteiger partial charge on any atom is 0.349 e. The summed E-state index contributed by atoms with van der Waals surface area (Å²) in [7, 11) is 2.93. The molecule has 0 aliphatic carbocycles. The van der Waals surface area contributed by atoms with Gasteiger partial charge < -0.3 is 23.7 Å². The van der Waals surface area contributed by atoms with Crippen LogP contribution in [-0.4, -0.2) is 32.6 Å². The van der Waals surface area contributed by atoms with Crippen molar-refractivity contribution in [3.8, 4) is 28.7 Å². The minimum Gasteiger partial charge on any atom is -0.497 e. The van der Waals surface area contributed by atoms with Crippen molar-refractivity contribution in [2.75, 3.05) is 20.8 Å². The molecule has 0 fully saturated rings. The molecular weight excluding hydrogens is 507 g/mol. The minimum absolute atomic E-state index is 0.0448. The van der Waals surface area contributed by atoms with E-state index in [2.05, 4.69) is 4.74 Å². The van der Waals surface area contributed by atoms with E-state index in [-0.39, 0.29) is 22.8 Å². The number of hydrogen-bond donors (Lipinski definition) is 0. The van der Waals surface area contributed by atoms with Gasteiger partial charge in [-0.1, -0.05) is 0 Å². The molecule has 12 heteroatoms. The van der Waals surface area contributed by atoms with Crippen LogP contribution in [-0.2, 0) is 4.79 Å². The summed E-state index contributed by atoms with van der Waals surface area (Å²) < 4.78 is 92.4. The quantitative estimate of drug-likeness (QED) is 0.108. The Morgan fingerprint density at radius 1 is 0.865 bits per heavy atom. The molecule has 0 saturated heterocycles. The third kappa shape index (κ3) is 4.90. The minimum atomic E-state index is -2.36. The first-order chi connectivity index (χ1) is 17.6. The Balaban J connectivity index is 1.47. The number of ether oxygens (including phenoxy) is 5. The molecule has 0 bridgehead atoms. The van der Waals surface area contributed by atoms with Gasteiger partial charge in [-0.05, 0) is 30.3 Å². The molecule has 1 heterocycles. The van der Waals surface area contributed by atoms with Gasteiger partial charge in [0, 0.05) is 17.7 Å². The third-order valence-corrected chi connectivity index (χ3v) is 5.10. The number of halogens is 5. The van der Waals surface area contributed by atoms with Crippen molar-refractivity contribution in [1.29, 1.82) is 0 Å². The van der Waals surface area contributed by atoms with Crippen LogP contribution >= 0.6 is 0 Å². The molecule has 4 rings (SSSR count). The summed E-state index contributed by atoms with van der Waals surface area (Å²) in [5.41, 5.74) is 0.688. The number of allylic oxidation sites excluding steroid dienone is 1. The predicted molar refractivity (Wildman–Crippen MR) is 116 cm³/mol. The van der Waals surface area contributed by atoms with E-state index >= 15 is 0 Å². The van der Waals surface area contributed by atoms with Crippen LogP contribution < -0.4 is 23.7 Å². The zero-order valence-electron chi connectivity index (χ0n) is 19.0. The van der Waals surface area contributed by atoms with E-state index in [0.29, 0.717) is 17.1 Å². The summed E-state index contributed by atoms with van der Waals surface area (Å²) in [6, 6.07) is 8.70. The third-order valence-electron chi connectivity index (χ3n) is 5.10. The van der Waals surface area contributed by atoms with Crippen molar-refractivity contribution in [3.05, 3.63) is 82.4 Å². The van der Waals surface area contributed by atoms with Crippen LogP contribution in [0, 0.1) is 29.1 Å².